The first-order chi connectivity index (χ1) is 8.60. The number of aromatic carboxylic acids is 1. The highest BCUT2D eigenvalue weighted by molar-refractivity contribution is 5.87. The summed E-state index contributed by atoms with van der Waals surface area (Å²) < 4.78 is 0. The van der Waals surface area contributed by atoms with Gasteiger partial charge in [-0.05, 0) is 24.5 Å². The molecule has 3 N–H and O–H groups in total. The van der Waals surface area contributed by atoms with Crippen LogP contribution in [0.1, 0.15) is 28.9 Å². The predicted octanol–water partition coefficient (Wildman–Crippen LogP) is 1.76. The van der Waals surface area contributed by atoms with Gasteiger partial charge in [0.15, 0.2) is 0 Å². The van der Waals surface area contributed by atoms with Gasteiger partial charge in [-0.25, -0.2) is 4.79 Å². The summed E-state index contributed by atoms with van der Waals surface area (Å²) in [5, 5.41) is 25.5. The average molecular weight is 244 g/mol. The van der Waals surface area contributed by atoms with Crippen molar-refractivity contribution in [1.82, 2.24) is 10.2 Å². The zero-order chi connectivity index (χ0) is 12.8. The molecule has 92 valence electrons. The molecule has 0 radical (unpaired) electrons. The number of hydrogen-bond acceptors (Lipinski definition) is 3. The summed E-state index contributed by atoms with van der Waals surface area (Å²) in [4.78, 5) is 10.8. The lowest BCUT2D eigenvalue weighted by Gasteiger charge is -2.12. The minimum absolute atomic E-state index is 0.0441. The Labute approximate surface area is 103 Å². The van der Waals surface area contributed by atoms with Crippen LogP contribution < -0.4 is 0 Å². The number of rotatable bonds is 3. The summed E-state index contributed by atoms with van der Waals surface area (Å²) in [6.45, 7) is 0. The first kappa shape index (κ1) is 11.0. The van der Waals surface area contributed by atoms with Gasteiger partial charge in [0.1, 0.15) is 5.69 Å². The lowest BCUT2D eigenvalue weighted by atomic mass is 9.98. The van der Waals surface area contributed by atoms with E-state index >= 15 is 0 Å². The molecule has 5 nitrogen and oxygen atoms in total. The van der Waals surface area contributed by atoms with Crippen LogP contribution >= 0.6 is 0 Å². The minimum Gasteiger partial charge on any atom is -0.477 e. The van der Waals surface area contributed by atoms with E-state index in [1.165, 1.54) is 6.07 Å². The van der Waals surface area contributed by atoms with E-state index in [0.29, 0.717) is 5.69 Å². The monoisotopic (exact) mass is 244 g/mol. The second kappa shape index (κ2) is 3.68. The minimum atomic E-state index is -1.05. The molecule has 3 rings (SSSR count). The topological polar surface area (TPSA) is 86.2 Å². The third-order valence-corrected chi connectivity index (χ3v) is 3.24. The zero-order valence-corrected chi connectivity index (χ0v) is 9.55. The fraction of sp³-hybridized carbons (Fsp3) is 0.231. The number of hydrogen-bond donors (Lipinski definition) is 3. The van der Waals surface area contributed by atoms with E-state index < -0.39 is 11.6 Å². The second-order valence-corrected chi connectivity index (χ2v) is 4.55. The number of nitrogens with one attached hydrogen (secondary N) is 1. The maximum Gasteiger partial charge on any atom is 0.353 e. The van der Waals surface area contributed by atoms with Crippen LogP contribution in [0.3, 0.4) is 0 Å². The van der Waals surface area contributed by atoms with E-state index in [9.17, 15) is 9.90 Å². The van der Waals surface area contributed by atoms with Crippen LogP contribution in [0, 0.1) is 0 Å². The Morgan fingerprint density at radius 1 is 1.33 bits per heavy atom. The van der Waals surface area contributed by atoms with E-state index in [1.807, 2.05) is 24.3 Å². The van der Waals surface area contributed by atoms with Crippen LogP contribution in [-0.4, -0.2) is 26.4 Å². The number of carbonyl (C=O) groups is 1. The first-order valence-corrected chi connectivity index (χ1v) is 5.71. The van der Waals surface area contributed by atoms with Crippen LogP contribution in [0.5, 0.6) is 0 Å². The molecule has 0 aliphatic heterocycles. The van der Waals surface area contributed by atoms with Crippen molar-refractivity contribution in [2.24, 2.45) is 0 Å². The van der Waals surface area contributed by atoms with Crippen molar-refractivity contribution in [3.05, 3.63) is 41.6 Å². The van der Waals surface area contributed by atoms with Crippen molar-refractivity contribution in [3.63, 3.8) is 0 Å². The van der Waals surface area contributed by atoms with Gasteiger partial charge in [-0.2, -0.15) is 5.10 Å². The first-order valence-electron chi connectivity index (χ1n) is 5.71. The van der Waals surface area contributed by atoms with Crippen LogP contribution in [0.2, 0.25) is 0 Å². The third-order valence-electron chi connectivity index (χ3n) is 3.24. The fourth-order valence-corrected chi connectivity index (χ4v) is 2.07. The van der Waals surface area contributed by atoms with Gasteiger partial charge in [0.25, 0.3) is 0 Å². The molecule has 0 bridgehead atoms. The summed E-state index contributed by atoms with van der Waals surface area (Å²) in [5.74, 6) is -1.05. The van der Waals surface area contributed by atoms with Gasteiger partial charge in [0.05, 0.1) is 11.3 Å². The Hall–Kier alpha value is -2.14. The average Bonchev–Trinajstić information content (AvgIpc) is 2.94. The summed E-state index contributed by atoms with van der Waals surface area (Å²) in [5.41, 5.74) is 1.42. The van der Waals surface area contributed by atoms with Gasteiger partial charge in [0, 0.05) is 5.56 Å². The largest absolute Gasteiger partial charge is 0.477 e. The van der Waals surface area contributed by atoms with Crippen molar-refractivity contribution < 1.29 is 15.0 Å². The molecule has 1 aliphatic carbocycles. The standard InChI is InChI=1S/C13H12N2O3/c16-12(17)11-7-10(14-15-11)8-3-1-2-4-9(8)13(18)5-6-13/h1-4,7,18H,5-6H2,(H,14,15)(H,16,17). The Morgan fingerprint density at radius 3 is 2.67 bits per heavy atom. The number of aliphatic hydroxyl groups is 1. The lowest BCUT2D eigenvalue weighted by molar-refractivity contribution is 0.0690. The van der Waals surface area contributed by atoms with E-state index in [4.69, 9.17) is 5.11 Å². The van der Waals surface area contributed by atoms with Gasteiger partial charge < -0.3 is 10.2 Å². The molecule has 18 heavy (non-hydrogen) atoms. The quantitative estimate of drug-likeness (QED) is 0.767. The normalized spacial score (nSPS) is 16.5. The van der Waals surface area contributed by atoms with Gasteiger partial charge in [-0.15, -0.1) is 0 Å². The van der Waals surface area contributed by atoms with E-state index in [1.54, 1.807) is 0 Å². The Kier molecular flexibility index (Phi) is 2.24. The molecule has 1 fully saturated rings. The Bertz CT molecular complexity index is 614. The van der Waals surface area contributed by atoms with Crippen LogP contribution in [0.4, 0.5) is 0 Å². The molecule has 1 aliphatic rings. The maximum atomic E-state index is 10.8. The van der Waals surface area contributed by atoms with Crippen LogP contribution in [0.25, 0.3) is 11.3 Å². The maximum absolute atomic E-state index is 10.8. The van der Waals surface area contributed by atoms with Crippen molar-refractivity contribution >= 4 is 5.97 Å². The van der Waals surface area contributed by atoms with Gasteiger partial charge in [-0.1, -0.05) is 24.3 Å². The number of nitrogens with zero attached hydrogens (tertiary/aromatic N) is 1. The molecule has 1 saturated carbocycles. The zero-order valence-electron chi connectivity index (χ0n) is 9.55. The SMILES string of the molecule is O=C(O)c1cc(-c2ccccc2C2(O)CC2)n[nH]1. The number of aromatic amines is 1. The second-order valence-electron chi connectivity index (χ2n) is 4.55. The Morgan fingerprint density at radius 2 is 2.06 bits per heavy atom. The van der Waals surface area contributed by atoms with Crippen LogP contribution in [-0.2, 0) is 5.60 Å². The summed E-state index contributed by atoms with van der Waals surface area (Å²) in [7, 11) is 0. The number of aromatic nitrogens is 2. The number of carboxylic acids is 1. The Balaban J connectivity index is 2.08. The molecular weight excluding hydrogens is 232 g/mol. The predicted molar refractivity (Wildman–Crippen MR) is 64.1 cm³/mol. The molecule has 5 heteroatoms. The van der Waals surface area contributed by atoms with Crippen molar-refractivity contribution in [2.45, 2.75) is 18.4 Å². The smallest absolute Gasteiger partial charge is 0.353 e. The van der Waals surface area contributed by atoms with Crippen LogP contribution in [0.15, 0.2) is 30.3 Å². The van der Waals surface area contributed by atoms with Gasteiger partial charge in [0.2, 0.25) is 0 Å². The number of H-pyrrole nitrogens is 1. The fourth-order valence-electron chi connectivity index (χ4n) is 2.07. The highest BCUT2D eigenvalue weighted by Gasteiger charge is 2.43. The van der Waals surface area contributed by atoms with Crippen molar-refractivity contribution in [1.29, 1.82) is 0 Å². The molecule has 1 aromatic heterocycles. The summed E-state index contributed by atoms with van der Waals surface area (Å²) in [6, 6.07) is 8.89. The van der Waals surface area contributed by atoms with Crippen molar-refractivity contribution in [3.8, 4) is 11.3 Å². The van der Waals surface area contributed by atoms with Crippen molar-refractivity contribution in [2.75, 3.05) is 0 Å². The van der Waals surface area contributed by atoms with E-state index in [-0.39, 0.29) is 5.69 Å². The molecule has 0 amide bonds. The number of benzene rings is 1. The molecular formula is C13H12N2O3. The number of carboxylic acid groups (broad SMARTS) is 1. The summed E-state index contributed by atoms with van der Waals surface area (Å²) in [6.07, 6.45) is 1.47. The highest BCUT2D eigenvalue weighted by Crippen LogP contribution is 2.48. The molecule has 0 saturated heterocycles. The summed E-state index contributed by atoms with van der Waals surface area (Å²) >= 11 is 0. The molecule has 0 unspecified atom stereocenters. The van der Waals surface area contributed by atoms with Gasteiger partial charge in [-0.3, -0.25) is 5.10 Å². The molecule has 0 atom stereocenters. The third kappa shape index (κ3) is 1.69. The van der Waals surface area contributed by atoms with E-state index in [0.717, 1.165) is 24.0 Å². The van der Waals surface area contributed by atoms with Gasteiger partial charge >= 0.3 is 5.97 Å². The molecule has 1 aromatic carbocycles. The molecule has 2 aromatic rings. The highest BCUT2D eigenvalue weighted by atomic mass is 16.4. The van der Waals surface area contributed by atoms with E-state index in [2.05, 4.69) is 10.2 Å². The molecule has 0 spiro atoms. The molecule has 1 heterocycles. The lowest BCUT2D eigenvalue weighted by Crippen LogP contribution is -2.06.